The molecule has 0 spiro atoms. The van der Waals surface area contributed by atoms with Gasteiger partial charge in [0.2, 0.25) is 0 Å². The van der Waals surface area contributed by atoms with Crippen molar-refractivity contribution >= 4 is 6.09 Å². The van der Waals surface area contributed by atoms with E-state index in [0.717, 1.165) is 0 Å². The molecule has 1 amide bonds. The number of fused-ring (bicyclic) bond motifs is 3. The average molecular weight is 353 g/mol. The molecule has 26 heavy (non-hydrogen) atoms. The Labute approximate surface area is 155 Å². The maximum absolute atomic E-state index is 12.4. The smallest absolute Gasteiger partial charge is 0.409 e. The minimum atomic E-state index is -0.321. The molecule has 0 atom stereocenters. The van der Waals surface area contributed by atoms with E-state index in [2.05, 4.69) is 24.3 Å². The van der Waals surface area contributed by atoms with Crippen molar-refractivity contribution in [3.05, 3.63) is 59.7 Å². The second-order valence-corrected chi connectivity index (χ2v) is 7.80. The molecule has 1 aliphatic rings. The summed E-state index contributed by atoms with van der Waals surface area (Å²) in [6, 6.07) is 16.6. The Morgan fingerprint density at radius 3 is 2.15 bits per heavy atom. The number of ether oxygens (including phenoxy) is 1. The van der Waals surface area contributed by atoms with Crippen LogP contribution in [-0.4, -0.2) is 42.9 Å². The molecule has 0 unspecified atom stereocenters. The van der Waals surface area contributed by atoms with E-state index in [1.165, 1.54) is 22.3 Å². The highest BCUT2D eigenvalue weighted by Crippen LogP contribution is 2.44. The van der Waals surface area contributed by atoms with Crippen molar-refractivity contribution in [3.8, 4) is 11.1 Å². The summed E-state index contributed by atoms with van der Waals surface area (Å²) >= 11 is 0. The van der Waals surface area contributed by atoms with Crippen LogP contribution in [-0.2, 0) is 4.74 Å². The SMILES string of the molecule is CN(CC(C)(C)CCO)C(=O)OCC1c2ccccc2-c2ccccc21. The molecular weight excluding hydrogens is 326 g/mol. The normalized spacial score (nSPS) is 13.2. The number of aliphatic hydroxyl groups is 1. The highest BCUT2D eigenvalue weighted by atomic mass is 16.6. The molecule has 1 aliphatic carbocycles. The van der Waals surface area contributed by atoms with Crippen LogP contribution in [0.5, 0.6) is 0 Å². The van der Waals surface area contributed by atoms with Crippen LogP contribution in [0.15, 0.2) is 48.5 Å². The van der Waals surface area contributed by atoms with Gasteiger partial charge in [0, 0.05) is 26.1 Å². The Morgan fingerprint density at radius 2 is 1.62 bits per heavy atom. The van der Waals surface area contributed by atoms with E-state index in [9.17, 15) is 4.79 Å². The zero-order valence-electron chi connectivity index (χ0n) is 15.7. The fourth-order valence-corrected chi connectivity index (χ4v) is 3.79. The van der Waals surface area contributed by atoms with Gasteiger partial charge in [-0.15, -0.1) is 0 Å². The number of carbonyl (C=O) groups excluding carboxylic acids is 1. The summed E-state index contributed by atoms with van der Waals surface area (Å²) in [4.78, 5) is 14.0. The Kier molecular flexibility index (Phi) is 5.33. The van der Waals surface area contributed by atoms with E-state index in [4.69, 9.17) is 9.84 Å². The van der Waals surface area contributed by atoms with Crippen LogP contribution < -0.4 is 0 Å². The molecule has 138 valence electrons. The van der Waals surface area contributed by atoms with E-state index in [0.29, 0.717) is 19.6 Å². The van der Waals surface area contributed by atoms with Crippen LogP contribution in [0.25, 0.3) is 11.1 Å². The number of hydrogen-bond donors (Lipinski definition) is 1. The predicted octanol–water partition coefficient (Wildman–Crippen LogP) is 4.28. The van der Waals surface area contributed by atoms with Gasteiger partial charge in [-0.1, -0.05) is 62.4 Å². The number of aliphatic hydroxyl groups excluding tert-OH is 1. The molecule has 0 heterocycles. The third-order valence-corrected chi connectivity index (χ3v) is 5.10. The zero-order chi connectivity index (χ0) is 18.7. The van der Waals surface area contributed by atoms with E-state index < -0.39 is 0 Å². The first-order valence-electron chi connectivity index (χ1n) is 9.10. The van der Waals surface area contributed by atoms with Crippen LogP contribution >= 0.6 is 0 Å². The quantitative estimate of drug-likeness (QED) is 0.843. The standard InChI is InChI=1S/C22H27NO3/c1-22(2,12-13-24)15-23(3)21(25)26-14-20-18-10-6-4-8-16(18)17-9-5-7-11-19(17)20/h4-11,20,24H,12-15H2,1-3H3. The highest BCUT2D eigenvalue weighted by Gasteiger charge is 2.30. The molecule has 0 radical (unpaired) electrons. The molecule has 0 aliphatic heterocycles. The van der Waals surface area contributed by atoms with Crippen molar-refractivity contribution in [1.29, 1.82) is 0 Å². The number of nitrogens with zero attached hydrogens (tertiary/aromatic N) is 1. The summed E-state index contributed by atoms with van der Waals surface area (Å²) in [5.74, 6) is 0.0743. The summed E-state index contributed by atoms with van der Waals surface area (Å²) in [7, 11) is 1.75. The van der Waals surface area contributed by atoms with Crippen LogP contribution in [0, 0.1) is 5.41 Å². The van der Waals surface area contributed by atoms with Crippen molar-refractivity contribution < 1.29 is 14.6 Å². The summed E-state index contributed by atoms with van der Waals surface area (Å²) in [5.41, 5.74) is 4.73. The second kappa shape index (κ2) is 7.50. The van der Waals surface area contributed by atoms with E-state index >= 15 is 0 Å². The van der Waals surface area contributed by atoms with Crippen LogP contribution in [0.3, 0.4) is 0 Å². The van der Waals surface area contributed by atoms with Gasteiger partial charge in [0.1, 0.15) is 6.61 Å². The topological polar surface area (TPSA) is 49.8 Å². The third-order valence-electron chi connectivity index (χ3n) is 5.10. The van der Waals surface area contributed by atoms with Gasteiger partial charge in [-0.3, -0.25) is 0 Å². The zero-order valence-corrected chi connectivity index (χ0v) is 15.7. The molecule has 0 bridgehead atoms. The molecule has 0 saturated heterocycles. The first kappa shape index (κ1) is 18.5. The fraction of sp³-hybridized carbons (Fsp3) is 0.409. The van der Waals surface area contributed by atoms with Crippen LogP contribution in [0.2, 0.25) is 0 Å². The van der Waals surface area contributed by atoms with Gasteiger partial charge in [0.25, 0.3) is 0 Å². The van der Waals surface area contributed by atoms with E-state index in [1.54, 1.807) is 11.9 Å². The van der Waals surface area contributed by atoms with Gasteiger partial charge in [0.05, 0.1) is 0 Å². The van der Waals surface area contributed by atoms with Crippen molar-refractivity contribution in [3.63, 3.8) is 0 Å². The number of carbonyl (C=O) groups is 1. The number of rotatable bonds is 6. The Morgan fingerprint density at radius 1 is 1.08 bits per heavy atom. The Hall–Kier alpha value is -2.33. The Bertz CT molecular complexity index is 739. The van der Waals surface area contributed by atoms with Crippen LogP contribution in [0.1, 0.15) is 37.3 Å². The molecule has 0 fully saturated rings. The van der Waals surface area contributed by atoms with E-state index in [1.807, 2.05) is 38.1 Å². The van der Waals surface area contributed by atoms with Gasteiger partial charge >= 0.3 is 6.09 Å². The van der Waals surface area contributed by atoms with Crippen LogP contribution in [0.4, 0.5) is 4.79 Å². The third kappa shape index (κ3) is 3.75. The number of hydrogen-bond acceptors (Lipinski definition) is 3. The molecule has 4 nitrogen and oxygen atoms in total. The van der Waals surface area contributed by atoms with Crippen molar-refractivity contribution in [2.75, 3.05) is 26.8 Å². The number of amides is 1. The second-order valence-electron chi connectivity index (χ2n) is 7.80. The van der Waals surface area contributed by atoms with Gasteiger partial charge < -0.3 is 14.7 Å². The van der Waals surface area contributed by atoms with Crippen molar-refractivity contribution in [2.24, 2.45) is 5.41 Å². The lowest BCUT2D eigenvalue weighted by atomic mass is 9.89. The van der Waals surface area contributed by atoms with Gasteiger partial charge in [-0.2, -0.15) is 0 Å². The predicted molar refractivity (Wildman–Crippen MR) is 103 cm³/mol. The largest absolute Gasteiger partial charge is 0.448 e. The lowest BCUT2D eigenvalue weighted by molar-refractivity contribution is 0.0888. The minimum absolute atomic E-state index is 0.0743. The lowest BCUT2D eigenvalue weighted by Crippen LogP contribution is -2.37. The van der Waals surface area contributed by atoms with Crippen molar-refractivity contribution in [1.82, 2.24) is 4.90 Å². The summed E-state index contributed by atoms with van der Waals surface area (Å²) < 4.78 is 5.65. The molecular formula is C22H27NO3. The first-order valence-corrected chi connectivity index (χ1v) is 9.10. The monoisotopic (exact) mass is 353 g/mol. The summed E-state index contributed by atoms with van der Waals surface area (Å²) in [6.07, 6.45) is 0.325. The summed E-state index contributed by atoms with van der Waals surface area (Å²) in [6.45, 7) is 5.07. The molecule has 0 saturated carbocycles. The number of benzene rings is 2. The maximum atomic E-state index is 12.4. The lowest BCUT2D eigenvalue weighted by Gasteiger charge is -2.29. The fourth-order valence-electron chi connectivity index (χ4n) is 3.79. The highest BCUT2D eigenvalue weighted by molar-refractivity contribution is 5.79. The molecule has 3 rings (SSSR count). The maximum Gasteiger partial charge on any atom is 0.409 e. The summed E-state index contributed by atoms with van der Waals surface area (Å²) in [5, 5.41) is 9.15. The molecule has 1 N–H and O–H groups in total. The average Bonchev–Trinajstić information content (AvgIpc) is 2.93. The first-order chi connectivity index (χ1) is 12.4. The molecule has 2 aromatic carbocycles. The van der Waals surface area contributed by atoms with Gasteiger partial charge in [-0.25, -0.2) is 4.79 Å². The Balaban J connectivity index is 1.69. The van der Waals surface area contributed by atoms with Gasteiger partial charge in [-0.05, 0) is 34.1 Å². The minimum Gasteiger partial charge on any atom is -0.448 e. The molecule has 0 aromatic heterocycles. The van der Waals surface area contributed by atoms with Crippen molar-refractivity contribution in [2.45, 2.75) is 26.2 Å². The molecule has 4 heteroatoms. The molecule has 2 aromatic rings. The van der Waals surface area contributed by atoms with Gasteiger partial charge in [0.15, 0.2) is 0 Å². The van der Waals surface area contributed by atoms with E-state index in [-0.39, 0.29) is 24.0 Å².